The van der Waals surface area contributed by atoms with Crippen LogP contribution in [0.4, 0.5) is 16.2 Å². The van der Waals surface area contributed by atoms with Gasteiger partial charge in [-0.1, -0.05) is 37.3 Å². The molecule has 4 heteroatoms. The second-order valence-electron chi connectivity index (χ2n) is 4.52. The van der Waals surface area contributed by atoms with E-state index in [1.807, 2.05) is 55.5 Å². The van der Waals surface area contributed by atoms with Crippen LogP contribution in [-0.2, 0) is 6.42 Å². The van der Waals surface area contributed by atoms with Crippen molar-refractivity contribution in [2.75, 3.05) is 17.2 Å². The quantitative estimate of drug-likeness (QED) is 0.860. The lowest BCUT2D eigenvalue weighted by atomic mass is 10.1. The minimum Gasteiger partial charge on any atom is -0.492 e. The lowest BCUT2D eigenvalue weighted by Gasteiger charge is -2.13. The van der Waals surface area contributed by atoms with Crippen molar-refractivity contribution in [1.29, 1.82) is 0 Å². The van der Waals surface area contributed by atoms with Crippen LogP contribution in [0.1, 0.15) is 19.4 Å². The number of para-hydroxylation sites is 3. The summed E-state index contributed by atoms with van der Waals surface area (Å²) in [6.07, 6.45) is 0.867. The van der Waals surface area contributed by atoms with Crippen molar-refractivity contribution >= 4 is 17.4 Å². The smallest absolute Gasteiger partial charge is 0.323 e. The summed E-state index contributed by atoms with van der Waals surface area (Å²) in [5.74, 6) is 0.666. The Hall–Kier alpha value is -2.49. The van der Waals surface area contributed by atoms with Gasteiger partial charge in [0.2, 0.25) is 0 Å². The number of anilines is 2. The van der Waals surface area contributed by atoms with E-state index >= 15 is 0 Å². The lowest BCUT2D eigenvalue weighted by Crippen LogP contribution is -2.20. The van der Waals surface area contributed by atoms with Crippen molar-refractivity contribution in [2.24, 2.45) is 0 Å². The first-order valence-electron chi connectivity index (χ1n) is 7.12. The summed E-state index contributed by atoms with van der Waals surface area (Å²) in [6.45, 7) is 4.52. The van der Waals surface area contributed by atoms with Gasteiger partial charge in [0.15, 0.2) is 0 Å². The molecule has 2 N–H and O–H groups in total. The maximum atomic E-state index is 12.1. The molecule has 0 radical (unpaired) electrons. The van der Waals surface area contributed by atoms with E-state index in [1.165, 1.54) is 0 Å². The van der Waals surface area contributed by atoms with Crippen molar-refractivity contribution < 1.29 is 9.53 Å². The Balaban J connectivity index is 2.08. The monoisotopic (exact) mass is 284 g/mol. The maximum absolute atomic E-state index is 12.1. The molecule has 0 unspecified atom stereocenters. The third-order valence-electron chi connectivity index (χ3n) is 3.08. The molecule has 2 rings (SSSR count). The van der Waals surface area contributed by atoms with Gasteiger partial charge >= 0.3 is 6.03 Å². The van der Waals surface area contributed by atoms with E-state index in [0.717, 1.165) is 17.7 Å². The van der Waals surface area contributed by atoms with E-state index < -0.39 is 0 Å². The molecule has 2 aromatic carbocycles. The Morgan fingerprint density at radius 1 is 0.952 bits per heavy atom. The van der Waals surface area contributed by atoms with E-state index in [0.29, 0.717) is 18.0 Å². The maximum Gasteiger partial charge on any atom is 0.323 e. The molecule has 4 nitrogen and oxygen atoms in total. The summed E-state index contributed by atoms with van der Waals surface area (Å²) in [6, 6.07) is 14.9. The molecule has 0 bridgehead atoms. The highest BCUT2D eigenvalue weighted by Gasteiger charge is 2.08. The van der Waals surface area contributed by atoms with Crippen LogP contribution in [0.15, 0.2) is 48.5 Å². The highest BCUT2D eigenvalue weighted by Crippen LogP contribution is 2.24. The molecule has 2 aromatic rings. The number of rotatable bonds is 5. The average molecular weight is 284 g/mol. The predicted octanol–water partition coefficient (Wildman–Crippen LogP) is 4.29. The number of aryl methyl sites for hydroxylation is 1. The fraction of sp³-hybridized carbons (Fsp3) is 0.235. The van der Waals surface area contributed by atoms with Gasteiger partial charge in [-0.05, 0) is 37.1 Å². The van der Waals surface area contributed by atoms with Crippen LogP contribution in [-0.4, -0.2) is 12.6 Å². The summed E-state index contributed by atoms with van der Waals surface area (Å²) in [5.41, 5.74) is 2.59. The molecular weight excluding hydrogens is 264 g/mol. The average Bonchev–Trinajstić information content (AvgIpc) is 2.50. The molecule has 0 atom stereocenters. The van der Waals surface area contributed by atoms with Crippen molar-refractivity contribution in [3.63, 3.8) is 0 Å². The standard InChI is InChI=1S/C17H20N2O2/c1-3-13-9-5-6-10-14(13)18-17(20)19-15-11-7-8-12-16(15)21-4-2/h5-12H,3-4H2,1-2H3,(H2,18,19,20). The number of carbonyl (C=O) groups excluding carboxylic acids is 1. The molecular formula is C17H20N2O2. The fourth-order valence-electron chi connectivity index (χ4n) is 2.08. The molecule has 0 aromatic heterocycles. The van der Waals surface area contributed by atoms with Crippen molar-refractivity contribution in [3.05, 3.63) is 54.1 Å². The van der Waals surface area contributed by atoms with Gasteiger partial charge in [0, 0.05) is 5.69 Å². The Labute approximate surface area is 125 Å². The van der Waals surface area contributed by atoms with Gasteiger partial charge in [-0.2, -0.15) is 0 Å². The number of amides is 2. The highest BCUT2D eigenvalue weighted by atomic mass is 16.5. The Morgan fingerprint density at radius 2 is 1.57 bits per heavy atom. The number of hydrogen-bond acceptors (Lipinski definition) is 2. The molecule has 110 valence electrons. The Kier molecular flexibility index (Phi) is 5.21. The molecule has 0 spiro atoms. The van der Waals surface area contributed by atoms with Crippen LogP contribution in [0, 0.1) is 0 Å². The van der Waals surface area contributed by atoms with Crippen LogP contribution >= 0.6 is 0 Å². The Bertz CT molecular complexity index is 611. The van der Waals surface area contributed by atoms with Gasteiger partial charge in [0.25, 0.3) is 0 Å². The molecule has 0 aliphatic heterocycles. The van der Waals surface area contributed by atoms with Gasteiger partial charge in [-0.15, -0.1) is 0 Å². The number of nitrogens with one attached hydrogen (secondary N) is 2. The normalized spacial score (nSPS) is 10.0. The van der Waals surface area contributed by atoms with E-state index in [9.17, 15) is 4.79 Å². The van der Waals surface area contributed by atoms with Gasteiger partial charge in [0.1, 0.15) is 5.75 Å². The molecule has 0 saturated carbocycles. The van der Waals surface area contributed by atoms with Gasteiger partial charge in [-0.25, -0.2) is 4.79 Å². The number of ether oxygens (including phenoxy) is 1. The summed E-state index contributed by atoms with van der Waals surface area (Å²) in [4.78, 5) is 12.1. The van der Waals surface area contributed by atoms with Crippen molar-refractivity contribution in [2.45, 2.75) is 20.3 Å². The second-order valence-corrected chi connectivity index (χ2v) is 4.52. The van der Waals surface area contributed by atoms with Crippen LogP contribution in [0.5, 0.6) is 5.75 Å². The summed E-state index contributed by atoms with van der Waals surface area (Å²) in [7, 11) is 0. The van der Waals surface area contributed by atoms with Crippen LogP contribution in [0.2, 0.25) is 0 Å². The fourth-order valence-corrected chi connectivity index (χ4v) is 2.08. The predicted molar refractivity (Wildman–Crippen MR) is 86.1 cm³/mol. The van der Waals surface area contributed by atoms with Crippen molar-refractivity contribution in [3.8, 4) is 5.75 Å². The molecule has 0 aliphatic carbocycles. The van der Waals surface area contributed by atoms with Crippen molar-refractivity contribution in [1.82, 2.24) is 0 Å². The number of urea groups is 1. The van der Waals surface area contributed by atoms with E-state index in [2.05, 4.69) is 17.6 Å². The molecule has 2 amide bonds. The number of benzene rings is 2. The first-order chi connectivity index (χ1) is 10.2. The third kappa shape index (κ3) is 3.99. The first kappa shape index (κ1) is 14.9. The van der Waals surface area contributed by atoms with Gasteiger partial charge in [0.05, 0.1) is 12.3 Å². The lowest BCUT2D eigenvalue weighted by molar-refractivity contribution is 0.262. The van der Waals surface area contributed by atoms with E-state index in [-0.39, 0.29) is 6.03 Å². The van der Waals surface area contributed by atoms with Gasteiger partial charge < -0.3 is 15.4 Å². The highest BCUT2D eigenvalue weighted by molar-refractivity contribution is 6.01. The molecule has 0 heterocycles. The Morgan fingerprint density at radius 3 is 2.29 bits per heavy atom. The molecule has 0 saturated heterocycles. The molecule has 0 fully saturated rings. The van der Waals surface area contributed by atoms with Gasteiger partial charge in [-0.3, -0.25) is 0 Å². The minimum absolute atomic E-state index is 0.275. The zero-order chi connectivity index (χ0) is 15.1. The zero-order valence-electron chi connectivity index (χ0n) is 12.3. The minimum atomic E-state index is -0.275. The summed E-state index contributed by atoms with van der Waals surface area (Å²) >= 11 is 0. The summed E-state index contributed by atoms with van der Waals surface area (Å²) < 4.78 is 5.49. The van der Waals surface area contributed by atoms with Crippen LogP contribution in [0.25, 0.3) is 0 Å². The largest absolute Gasteiger partial charge is 0.492 e. The molecule has 0 aliphatic rings. The third-order valence-corrected chi connectivity index (χ3v) is 3.08. The number of hydrogen-bond donors (Lipinski definition) is 2. The first-order valence-corrected chi connectivity index (χ1v) is 7.12. The SMILES string of the molecule is CCOc1ccccc1NC(=O)Nc1ccccc1CC. The van der Waals surface area contributed by atoms with E-state index in [4.69, 9.17) is 4.74 Å². The zero-order valence-corrected chi connectivity index (χ0v) is 12.3. The topological polar surface area (TPSA) is 50.4 Å². The number of carbonyl (C=O) groups is 1. The summed E-state index contributed by atoms with van der Waals surface area (Å²) in [5, 5.41) is 5.69. The van der Waals surface area contributed by atoms with Crippen LogP contribution in [0.3, 0.4) is 0 Å². The second kappa shape index (κ2) is 7.33. The van der Waals surface area contributed by atoms with Crippen LogP contribution < -0.4 is 15.4 Å². The molecule has 21 heavy (non-hydrogen) atoms. The van der Waals surface area contributed by atoms with E-state index in [1.54, 1.807) is 0 Å².